The van der Waals surface area contributed by atoms with Crippen molar-refractivity contribution in [1.82, 2.24) is 20.0 Å². The molecular formula is C23H37N5O3. The summed E-state index contributed by atoms with van der Waals surface area (Å²) in [5.74, 6) is 1.84. The lowest BCUT2D eigenvalue weighted by Crippen LogP contribution is -2.57. The number of hydrogen-bond donors (Lipinski definition) is 2. The van der Waals surface area contributed by atoms with Crippen molar-refractivity contribution in [1.29, 1.82) is 0 Å². The number of nitrogens with one attached hydrogen (secondary N) is 1. The maximum Gasteiger partial charge on any atom is 0.239 e. The van der Waals surface area contributed by atoms with E-state index in [0.29, 0.717) is 6.54 Å². The number of nitrogens with zero attached hydrogens (tertiary/aromatic N) is 4. The molecule has 2 saturated heterocycles. The molecular weight excluding hydrogens is 394 g/mol. The minimum Gasteiger partial charge on any atom is -0.497 e. The summed E-state index contributed by atoms with van der Waals surface area (Å²) >= 11 is 0. The summed E-state index contributed by atoms with van der Waals surface area (Å²) in [4.78, 5) is 23.9. The van der Waals surface area contributed by atoms with Crippen molar-refractivity contribution in [2.75, 3.05) is 59.5 Å². The molecule has 2 N–H and O–H groups in total. The SMILES string of the molecule is CCNC(=NCC(O)c1ccc(OC)cc1)N1CCN(C(C)C(=O)N2CCCC2)CC1. The van der Waals surface area contributed by atoms with Crippen LogP contribution in [0.3, 0.4) is 0 Å². The van der Waals surface area contributed by atoms with Crippen LogP contribution in [0.1, 0.15) is 38.4 Å². The van der Waals surface area contributed by atoms with Crippen LogP contribution in [-0.2, 0) is 4.79 Å². The van der Waals surface area contributed by atoms with Crippen LogP contribution in [0.4, 0.5) is 0 Å². The van der Waals surface area contributed by atoms with Gasteiger partial charge in [0, 0.05) is 45.8 Å². The topological polar surface area (TPSA) is 80.6 Å². The first-order chi connectivity index (χ1) is 15.0. The van der Waals surface area contributed by atoms with E-state index < -0.39 is 6.10 Å². The zero-order chi connectivity index (χ0) is 22.2. The number of amides is 1. The lowest BCUT2D eigenvalue weighted by molar-refractivity contribution is -0.135. The van der Waals surface area contributed by atoms with Crippen LogP contribution in [0.25, 0.3) is 0 Å². The number of ether oxygens (including phenoxy) is 1. The zero-order valence-electron chi connectivity index (χ0n) is 19.1. The Morgan fingerprint density at radius 2 is 1.74 bits per heavy atom. The highest BCUT2D eigenvalue weighted by atomic mass is 16.5. The molecule has 8 nitrogen and oxygen atoms in total. The summed E-state index contributed by atoms with van der Waals surface area (Å²) in [5, 5.41) is 13.9. The van der Waals surface area contributed by atoms with Crippen LogP contribution in [0, 0.1) is 0 Å². The molecule has 31 heavy (non-hydrogen) atoms. The van der Waals surface area contributed by atoms with E-state index in [-0.39, 0.29) is 11.9 Å². The number of likely N-dealkylation sites (tertiary alicyclic amines) is 1. The molecule has 0 aromatic heterocycles. The van der Waals surface area contributed by atoms with Crippen molar-refractivity contribution in [3.63, 3.8) is 0 Å². The number of methoxy groups -OCH3 is 1. The van der Waals surface area contributed by atoms with Gasteiger partial charge in [0.25, 0.3) is 0 Å². The predicted octanol–water partition coefficient (Wildman–Crippen LogP) is 1.32. The molecule has 2 aliphatic heterocycles. The Morgan fingerprint density at radius 3 is 2.32 bits per heavy atom. The van der Waals surface area contributed by atoms with Gasteiger partial charge in [-0.1, -0.05) is 12.1 Å². The molecule has 0 radical (unpaired) electrons. The molecule has 0 aliphatic carbocycles. The van der Waals surface area contributed by atoms with Crippen molar-refractivity contribution >= 4 is 11.9 Å². The molecule has 0 bridgehead atoms. The van der Waals surface area contributed by atoms with Crippen molar-refractivity contribution in [3.8, 4) is 5.75 Å². The van der Waals surface area contributed by atoms with Crippen LogP contribution in [0.15, 0.2) is 29.3 Å². The molecule has 2 aliphatic rings. The number of piperazine rings is 1. The van der Waals surface area contributed by atoms with Gasteiger partial charge in [0.05, 0.1) is 25.8 Å². The van der Waals surface area contributed by atoms with Gasteiger partial charge in [-0.15, -0.1) is 0 Å². The van der Waals surface area contributed by atoms with Gasteiger partial charge in [0.15, 0.2) is 5.96 Å². The molecule has 0 saturated carbocycles. The monoisotopic (exact) mass is 431 g/mol. The summed E-state index contributed by atoms with van der Waals surface area (Å²) in [5.41, 5.74) is 0.819. The van der Waals surface area contributed by atoms with Crippen molar-refractivity contribution in [3.05, 3.63) is 29.8 Å². The number of carbonyl (C=O) groups excluding carboxylic acids is 1. The Kier molecular flexibility index (Phi) is 8.54. The fourth-order valence-electron chi connectivity index (χ4n) is 4.21. The quantitative estimate of drug-likeness (QED) is 0.501. The molecule has 1 aromatic carbocycles. The second kappa shape index (κ2) is 11.3. The molecule has 8 heteroatoms. The largest absolute Gasteiger partial charge is 0.497 e. The molecule has 2 heterocycles. The zero-order valence-corrected chi connectivity index (χ0v) is 19.1. The molecule has 2 unspecified atom stereocenters. The first-order valence-electron chi connectivity index (χ1n) is 11.4. The number of aliphatic imine (C=N–C) groups is 1. The Balaban J connectivity index is 1.54. The highest BCUT2D eigenvalue weighted by molar-refractivity contribution is 5.82. The van der Waals surface area contributed by atoms with Crippen LogP contribution < -0.4 is 10.1 Å². The third-order valence-electron chi connectivity index (χ3n) is 6.19. The van der Waals surface area contributed by atoms with E-state index in [1.807, 2.05) is 43.0 Å². The van der Waals surface area contributed by atoms with E-state index in [0.717, 1.165) is 75.9 Å². The summed E-state index contributed by atoms with van der Waals surface area (Å²) in [7, 11) is 1.63. The highest BCUT2D eigenvalue weighted by Gasteiger charge is 2.30. The smallest absolute Gasteiger partial charge is 0.239 e. The highest BCUT2D eigenvalue weighted by Crippen LogP contribution is 2.18. The van der Waals surface area contributed by atoms with Gasteiger partial charge in [-0.3, -0.25) is 14.7 Å². The predicted molar refractivity (Wildman–Crippen MR) is 122 cm³/mol. The van der Waals surface area contributed by atoms with Gasteiger partial charge in [0.2, 0.25) is 5.91 Å². The lowest BCUT2D eigenvalue weighted by atomic mass is 10.1. The average Bonchev–Trinajstić information content (AvgIpc) is 3.36. The Morgan fingerprint density at radius 1 is 1.10 bits per heavy atom. The van der Waals surface area contributed by atoms with E-state index in [1.165, 1.54) is 0 Å². The number of rotatable bonds is 7. The maximum absolute atomic E-state index is 12.7. The number of benzene rings is 1. The van der Waals surface area contributed by atoms with Gasteiger partial charge in [-0.05, 0) is 44.4 Å². The molecule has 2 fully saturated rings. The Hall–Kier alpha value is -2.32. The maximum atomic E-state index is 12.7. The standard InChI is InChI=1S/C23H37N5O3/c1-4-24-23(25-17-21(29)19-7-9-20(31-3)10-8-19)28-15-13-26(14-16-28)18(2)22(30)27-11-5-6-12-27/h7-10,18,21,29H,4-6,11-17H2,1-3H3,(H,24,25). The van der Waals surface area contributed by atoms with Crippen molar-refractivity contribution < 1.29 is 14.6 Å². The number of carbonyl (C=O) groups is 1. The summed E-state index contributed by atoms with van der Waals surface area (Å²) < 4.78 is 5.17. The molecule has 172 valence electrons. The van der Waals surface area contributed by atoms with Crippen LogP contribution in [-0.4, -0.2) is 97.2 Å². The lowest BCUT2D eigenvalue weighted by Gasteiger charge is -2.39. The Bertz CT molecular complexity index is 725. The van der Waals surface area contributed by atoms with Gasteiger partial charge >= 0.3 is 0 Å². The van der Waals surface area contributed by atoms with Gasteiger partial charge in [0.1, 0.15) is 5.75 Å². The average molecular weight is 432 g/mol. The summed E-state index contributed by atoms with van der Waals surface area (Å²) in [6.07, 6.45) is 1.58. The molecule has 3 rings (SSSR count). The van der Waals surface area contributed by atoms with E-state index >= 15 is 0 Å². The number of hydrogen-bond acceptors (Lipinski definition) is 5. The molecule has 0 spiro atoms. The van der Waals surface area contributed by atoms with Gasteiger partial charge < -0.3 is 25.0 Å². The normalized spacial score (nSPS) is 19.9. The second-order valence-corrected chi connectivity index (χ2v) is 8.21. The fraction of sp³-hybridized carbons (Fsp3) is 0.652. The van der Waals surface area contributed by atoms with E-state index in [4.69, 9.17) is 4.74 Å². The first-order valence-corrected chi connectivity index (χ1v) is 11.4. The van der Waals surface area contributed by atoms with E-state index in [9.17, 15) is 9.90 Å². The van der Waals surface area contributed by atoms with E-state index in [2.05, 4.69) is 20.1 Å². The molecule has 1 aromatic rings. The minimum atomic E-state index is -0.668. The van der Waals surface area contributed by atoms with Gasteiger partial charge in [-0.2, -0.15) is 0 Å². The third kappa shape index (κ3) is 6.11. The summed E-state index contributed by atoms with van der Waals surface area (Å²) in [6, 6.07) is 7.35. The van der Waals surface area contributed by atoms with Crippen LogP contribution in [0.2, 0.25) is 0 Å². The second-order valence-electron chi connectivity index (χ2n) is 8.21. The van der Waals surface area contributed by atoms with Crippen LogP contribution in [0.5, 0.6) is 5.75 Å². The number of guanidine groups is 1. The van der Waals surface area contributed by atoms with Crippen molar-refractivity contribution in [2.24, 2.45) is 4.99 Å². The minimum absolute atomic E-state index is 0.0725. The Labute approximate surface area is 185 Å². The number of aliphatic hydroxyl groups is 1. The van der Waals surface area contributed by atoms with Gasteiger partial charge in [-0.25, -0.2) is 0 Å². The third-order valence-corrected chi connectivity index (χ3v) is 6.19. The summed E-state index contributed by atoms with van der Waals surface area (Å²) in [6.45, 7) is 10.2. The first kappa shape index (κ1) is 23.3. The molecule has 1 amide bonds. The van der Waals surface area contributed by atoms with Crippen LogP contribution >= 0.6 is 0 Å². The fourth-order valence-corrected chi connectivity index (χ4v) is 4.21. The van der Waals surface area contributed by atoms with E-state index in [1.54, 1.807) is 7.11 Å². The number of aliphatic hydroxyl groups excluding tert-OH is 1. The van der Waals surface area contributed by atoms with Crippen molar-refractivity contribution in [2.45, 2.75) is 38.8 Å². The molecule has 2 atom stereocenters.